The van der Waals surface area contributed by atoms with Gasteiger partial charge in [-0.2, -0.15) is 0 Å². The van der Waals surface area contributed by atoms with Gasteiger partial charge in [-0.1, -0.05) is 6.58 Å². The smallest absolute Gasteiger partial charge is 0.334 e. The maximum atomic E-state index is 10.5. The van der Waals surface area contributed by atoms with Crippen LogP contribution in [-0.4, -0.2) is 25.7 Å². The van der Waals surface area contributed by atoms with Gasteiger partial charge in [-0.3, -0.25) is 0 Å². The molecular formula is C6H8O4. The Morgan fingerprint density at radius 2 is 2.20 bits per heavy atom. The second-order valence-electron chi connectivity index (χ2n) is 1.67. The third-order valence-electron chi connectivity index (χ3n) is 0.970. The van der Waals surface area contributed by atoms with Crippen molar-refractivity contribution in [2.45, 2.75) is 6.48 Å². The van der Waals surface area contributed by atoms with E-state index >= 15 is 0 Å². The molecule has 4 nitrogen and oxygen atoms in total. The van der Waals surface area contributed by atoms with Crippen molar-refractivity contribution in [3.63, 3.8) is 0 Å². The van der Waals surface area contributed by atoms with Gasteiger partial charge in [0, 0.05) is 6.08 Å². The number of rotatable bonds is 2. The monoisotopic (exact) mass is 144 g/mol. The minimum Gasteiger partial charge on any atom is -0.407 e. The van der Waals surface area contributed by atoms with Gasteiger partial charge in [-0.05, 0) is 0 Å². The van der Waals surface area contributed by atoms with Crippen LogP contribution in [0.15, 0.2) is 12.7 Å². The summed E-state index contributed by atoms with van der Waals surface area (Å²) in [6.07, 6.45) is 1.06. The van der Waals surface area contributed by atoms with E-state index in [-0.39, 0.29) is 0 Å². The molecule has 1 saturated heterocycles. The molecule has 0 saturated carbocycles. The van der Waals surface area contributed by atoms with Crippen LogP contribution in [0.4, 0.5) is 0 Å². The molecule has 0 amide bonds. The minimum atomic E-state index is -0.828. The Bertz CT molecular complexity index is 137. The highest BCUT2D eigenvalue weighted by Crippen LogP contribution is 2.04. The fraction of sp³-hybridized carbons (Fsp3) is 0.500. The average Bonchev–Trinajstić information content (AvgIpc) is 2.40. The van der Waals surface area contributed by atoms with Crippen molar-refractivity contribution in [2.75, 3.05) is 13.2 Å². The number of esters is 1. The zero-order valence-corrected chi connectivity index (χ0v) is 5.41. The second-order valence-corrected chi connectivity index (χ2v) is 1.67. The Morgan fingerprint density at radius 3 is 2.70 bits per heavy atom. The molecule has 1 rings (SSSR count). The zero-order chi connectivity index (χ0) is 7.40. The Kier molecular flexibility index (Phi) is 2.42. The number of carbonyl (C=O) groups excluding carboxylic acids is 1. The molecule has 1 aliphatic heterocycles. The quantitative estimate of drug-likeness (QED) is 0.405. The third kappa shape index (κ3) is 1.82. The maximum Gasteiger partial charge on any atom is 0.334 e. The summed E-state index contributed by atoms with van der Waals surface area (Å²) < 4.78 is 14.2. The summed E-state index contributed by atoms with van der Waals surface area (Å²) in [7, 11) is 0. The van der Waals surface area contributed by atoms with Crippen LogP contribution in [0.3, 0.4) is 0 Å². The van der Waals surface area contributed by atoms with Gasteiger partial charge in [-0.15, -0.1) is 0 Å². The topological polar surface area (TPSA) is 44.8 Å². The van der Waals surface area contributed by atoms with E-state index in [0.29, 0.717) is 13.2 Å². The first kappa shape index (κ1) is 7.24. The van der Waals surface area contributed by atoms with E-state index in [0.717, 1.165) is 6.08 Å². The van der Waals surface area contributed by atoms with E-state index in [9.17, 15) is 4.79 Å². The highest BCUT2D eigenvalue weighted by molar-refractivity contribution is 5.81. The summed E-state index contributed by atoms with van der Waals surface area (Å²) in [5, 5.41) is 0. The minimum absolute atomic E-state index is 0.467. The van der Waals surface area contributed by atoms with E-state index in [1.807, 2.05) is 0 Å². The summed E-state index contributed by atoms with van der Waals surface area (Å²) in [5.41, 5.74) is 0. The maximum absolute atomic E-state index is 10.5. The number of hydrogen-bond donors (Lipinski definition) is 0. The molecule has 0 unspecified atom stereocenters. The van der Waals surface area contributed by atoms with Crippen molar-refractivity contribution in [1.82, 2.24) is 0 Å². The van der Waals surface area contributed by atoms with Crippen LogP contribution in [0.5, 0.6) is 0 Å². The van der Waals surface area contributed by atoms with E-state index in [4.69, 9.17) is 9.47 Å². The van der Waals surface area contributed by atoms with Gasteiger partial charge in [0.1, 0.15) is 0 Å². The van der Waals surface area contributed by atoms with Crippen LogP contribution in [0.1, 0.15) is 0 Å². The standard InChI is InChI=1S/C6H8O4/c1-2-5(7)10-6-8-3-4-9-6/h2,6H,1,3-4H2. The molecule has 1 aliphatic rings. The van der Waals surface area contributed by atoms with E-state index in [1.165, 1.54) is 0 Å². The molecule has 56 valence electrons. The molecule has 1 heterocycles. The van der Waals surface area contributed by atoms with Gasteiger partial charge in [0.05, 0.1) is 13.2 Å². The lowest BCUT2D eigenvalue weighted by molar-refractivity contribution is -0.222. The van der Waals surface area contributed by atoms with Crippen LogP contribution in [0, 0.1) is 0 Å². The lowest BCUT2D eigenvalue weighted by atomic mass is 10.7. The van der Waals surface area contributed by atoms with Gasteiger partial charge in [-0.25, -0.2) is 4.79 Å². The Labute approximate surface area is 58.4 Å². The first-order valence-electron chi connectivity index (χ1n) is 2.89. The molecule has 0 spiro atoms. The van der Waals surface area contributed by atoms with E-state index in [1.54, 1.807) is 0 Å². The van der Waals surface area contributed by atoms with Crippen molar-refractivity contribution in [3.05, 3.63) is 12.7 Å². The Hall–Kier alpha value is -0.870. The molecule has 0 aromatic carbocycles. The molecule has 4 heteroatoms. The first-order valence-corrected chi connectivity index (χ1v) is 2.89. The van der Waals surface area contributed by atoms with Crippen molar-refractivity contribution in [2.24, 2.45) is 0 Å². The molecule has 0 bridgehead atoms. The second kappa shape index (κ2) is 3.34. The molecule has 10 heavy (non-hydrogen) atoms. The summed E-state index contributed by atoms with van der Waals surface area (Å²) in [4.78, 5) is 10.5. The van der Waals surface area contributed by atoms with E-state index in [2.05, 4.69) is 11.3 Å². The molecule has 0 aromatic heterocycles. The lowest BCUT2D eigenvalue weighted by Gasteiger charge is -2.06. The SMILES string of the molecule is C=CC(=O)OC1OCCO1. The fourth-order valence-electron chi connectivity index (χ4n) is 0.548. The van der Waals surface area contributed by atoms with Crippen molar-refractivity contribution in [3.8, 4) is 0 Å². The van der Waals surface area contributed by atoms with Gasteiger partial charge < -0.3 is 14.2 Å². The van der Waals surface area contributed by atoms with Crippen LogP contribution in [0.25, 0.3) is 0 Å². The van der Waals surface area contributed by atoms with Gasteiger partial charge in [0.25, 0.3) is 0 Å². The summed E-state index contributed by atoms with van der Waals surface area (Å²) >= 11 is 0. The summed E-state index contributed by atoms with van der Waals surface area (Å²) in [5.74, 6) is -0.535. The van der Waals surface area contributed by atoms with Crippen molar-refractivity contribution < 1.29 is 19.0 Å². The predicted octanol–water partition coefficient (Wildman–Crippen LogP) is 0.0460. The highest BCUT2D eigenvalue weighted by Gasteiger charge is 2.18. The molecule has 0 radical (unpaired) electrons. The number of ether oxygens (including phenoxy) is 3. The van der Waals surface area contributed by atoms with Gasteiger partial charge >= 0.3 is 12.4 Å². The zero-order valence-electron chi connectivity index (χ0n) is 5.41. The van der Waals surface area contributed by atoms with Crippen LogP contribution < -0.4 is 0 Å². The largest absolute Gasteiger partial charge is 0.407 e. The Morgan fingerprint density at radius 1 is 1.60 bits per heavy atom. The molecule has 0 atom stereocenters. The number of carbonyl (C=O) groups is 1. The van der Waals surface area contributed by atoms with E-state index < -0.39 is 12.4 Å². The molecule has 0 aliphatic carbocycles. The van der Waals surface area contributed by atoms with Gasteiger partial charge in [0.15, 0.2) is 0 Å². The number of hydrogen-bond acceptors (Lipinski definition) is 4. The fourth-order valence-corrected chi connectivity index (χ4v) is 0.548. The first-order chi connectivity index (χ1) is 4.83. The average molecular weight is 144 g/mol. The highest BCUT2D eigenvalue weighted by atomic mass is 16.9. The molecular weight excluding hydrogens is 136 g/mol. The van der Waals surface area contributed by atoms with Crippen LogP contribution >= 0.6 is 0 Å². The van der Waals surface area contributed by atoms with Gasteiger partial charge in [0.2, 0.25) is 0 Å². The molecule has 1 fully saturated rings. The van der Waals surface area contributed by atoms with Crippen molar-refractivity contribution >= 4 is 5.97 Å². The Balaban J connectivity index is 2.23. The summed E-state index contributed by atoms with van der Waals surface area (Å²) in [6, 6.07) is 0. The predicted molar refractivity (Wildman–Crippen MR) is 32.0 cm³/mol. The van der Waals surface area contributed by atoms with Crippen molar-refractivity contribution in [1.29, 1.82) is 0 Å². The normalized spacial score (nSPS) is 18.8. The summed E-state index contributed by atoms with van der Waals surface area (Å²) in [6.45, 7) is 3.32. The van der Waals surface area contributed by atoms with Crippen LogP contribution in [-0.2, 0) is 19.0 Å². The van der Waals surface area contributed by atoms with Crippen LogP contribution in [0.2, 0.25) is 0 Å². The lowest BCUT2D eigenvalue weighted by Crippen LogP contribution is -2.16. The molecule has 0 N–H and O–H groups in total. The third-order valence-corrected chi connectivity index (χ3v) is 0.970. The molecule has 0 aromatic rings.